The average Bonchev–Trinajstić information content (AvgIpc) is 3.40. The summed E-state index contributed by atoms with van der Waals surface area (Å²) < 4.78 is 0. The van der Waals surface area contributed by atoms with E-state index in [1.54, 1.807) is 49.6 Å². The Labute approximate surface area is 438 Å². The summed E-state index contributed by atoms with van der Waals surface area (Å²) in [6.45, 7) is 0. The number of non-ortho nitro benzene ring substituents is 2. The van der Waals surface area contributed by atoms with Crippen molar-refractivity contribution in [1.29, 1.82) is 0 Å². The minimum atomic E-state index is -0.954. The first-order chi connectivity index (χ1) is 33.0. The van der Waals surface area contributed by atoms with Gasteiger partial charge in [-0.15, -0.1) is 11.5 Å². The van der Waals surface area contributed by atoms with Crippen molar-refractivity contribution in [3.63, 3.8) is 0 Å². The van der Waals surface area contributed by atoms with E-state index in [-0.39, 0.29) is 84.8 Å². The van der Waals surface area contributed by atoms with Crippen molar-refractivity contribution >= 4 is 35.0 Å². The number of para-hydroxylation sites is 2. The predicted molar refractivity (Wildman–Crippen MR) is 241 cm³/mol. The average molecular weight is 1100 g/mol. The van der Waals surface area contributed by atoms with E-state index in [0.717, 1.165) is 12.1 Å². The van der Waals surface area contributed by atoms with Crippen molar-refractivity contribution < 1.29 is 91.7 Å². The number of hydrogen-bond donors (Lipinski definition) is 0. The maximum atomic E-state index is 11.7. The van der Waals surface area contributed by atoms with Gasteiger partial charge in [-0.05, 0) is 70.8 Å². The van der Waals surface area contributed by atoms with Gasteiger partial charge in [-0.25, -0.2) is 0 Å². The standard InChI is InChI=1S/2C14H11N3O5.4C5H5N.3Cu/c2*18-12-7-2-1-6-11(12)14(20)16-15-13(19)9-4-3-5-10(8-9)17(21)22;4*1-2-4-6-5-3-1;;;/h2*1-8,18H,(H,15,19)(H,16,20);4*1-5H;;;/q;;;;;;3*+2/p-6. The first kappa shape index (κ1) is 62.3. The molecule has 0 aliphatic heterocycles. The normalized spacial score (nSPS) is 10.3. The van der Waals surface area contributed by atoms with Crippen molar-refractivity contribution in [2.75, 3.05) is 0 Å². The topological polar surface area (TPSA) is 326 Å². The molecule has 0 fully saturated rings. The Morgan fingerprint density at radius 3 is 0.845 bits per heavy atom. The number of benzene rings is 4. The third kappa shape index (κ3) is 25.9. The van der Waals surface area contributed by atoms with Crippen LogP contribution in [0, 0.1) is 20.2 Å². The Morgan fingerprint density at radius 1 is 0.352 bits per heavy atom. The summed E-state index contributed by atoms with van der Waals surface area (Å²) in [4.78, 5) is 35.1. The van der Waals surface area contributed by atoms with E-state index in [9.17, 15) is 50.9 Å². The van der Waals surface area contributed by atoms with E-state index in [1.165, 1.54) is 84.9 Å². The van der Waals surface area contributed by atoms with E-state index in [0.29, 0.717) is 0 Å². The monoisotopic (exact) mass is 1100 g/mol. The van der Waals surface area contributed by atoms with Crippen LogP contribution in [0.5, 0.6) is 11.5 Å². The Kier molecular flexibility index (Phi) is 32.8. The molecule has 8 rings (SSSR count). The molecule has 0 saturated carbocycles. The predicted octanol–water partition coefficient (Wildman–Crippen LogP) is 3.31. The molecule has 0 bridgehead atoms. The second-order valence-corrected chi connectivity index (χ2v) is 12.3. The number of nitro benzene ring substituents is 2. The summed E-state index contributed by atoms with van der Waals surface area (Å²) in [5.74, 6) is -4.81. The van der Waals surface area contributed by atoms with Crippen molar-refractivity contribution in [1.82, 2.24) is 19.9 Å². The van der Waals surface area contributed by atoms with Crippen molar-refractivity contribution in [3.05, 3.63) is 262 Å². The van der Waals surface area contributed by atoms with Crippen LogP contribution in [0.3, 0.4) is 0 Å². The fourth-order valence-electron chi connectivity index (χ4n) is 4.45. The minimum Gasteiger partial charge on any atom is -0.872 e. The van der Waals surface area contributed by atoms with E-state index >= 15 is 0 Å². The molecule has 4 heterocycles. The van der Waals surface area contributed by atoms with Crippen molar-refractivity contribution in [2.24, 2.45) is 20.4 Å². The van der Waals surface area contributed by atoms with Gasteiger partial charge in [-0.3, -0.25) is 40.2 Å². The fourth-order valence-corrected chi connectivity index (χ4v) is 4.45. The number of aromatic nitrogens is 4. The molecule has 71 heavy (non-hydrogen) atoms. The number of nitro groups is 2. The van der Waals surface area contributed by atoms with Gasteiger partial charge in [-0.2, -0.15) is 20.4 Å². The zero-order valence-electron chi connectivity index (χ0n) is 36.2. The zero-order valence-corrected chi connectivity index (χ0v) is 39.1. The summed E-state index contributed by atoms with van der Waals surface area (Å²) in [5.41, 5.74) is -1.15. The van der Waals surface area contributed by atoms with Gasteiger partial charge >= 0.3 is 51.2 Å². The first-order valence-corrected chi connectivity index (χ1v) is 19.4. The van der Waals surface area contributed by atoms with Crippen LogP contribution in [-0.4, -0.2) is 53.4 Å². The van der Waals surface area contributed by atoms with Crippen LogP contribution in [0.15, 0.2) is 240 Å². The van der Waals surface area contributed by atoms with Gasteiger partial charge in [0.15, 0.2) is 0 Å². The first-order valence-electron chi connectivity index (χ1n) is 19.4. The van der Waals surface area contributed by atoms with Crippen molar-refractivity contribution in [2.45, 2.75) is 0 Å². The molecule has 0 unspecified atom stereocenters. The Balaban J connectivity index is 0.000000916. The van der Waals surface area contributed by atoms with Crippen molar-refractivity contribution in [3.8, 4) is 11.5 Å². The van der Waals surface area contributed by atoms with Gasteiger partial charge in [0.1, 0.15) is 0 Å². The number of rotatable bonds is 8. The molecule has 4 aromatic heterocycles. The van der Waals surface area contributed by atoms with Gasteiger partial charge in [0.05, 0.1) is 9.85 Å². The number of hydrogen-bond acceptors (Lipinski definition) is 18. The van der Waals surface area contributed by atoms with E-state index < -0.39 is 44.9 Å². The van der Waals surface area contributed by atoms with Gasteiger partial charge in [-0.1, -0.05) is 97.1 Å². The Morgan fingerprint density at radius 2 is 0.620 bits per heavy atom. The molecule has 0 atom stereocenters. The number of pyridine rings is 4. The van der Waals surface area contributed by atoms with E-state index in [2.05, 4.69) is 40.3 Å². The van der Waals surface area contributed by atoms with Crippen LogP contribution in [0.1, 0.15) is 22.3 Å². The van der Waals surface area contributed by atoms with Crippen LogP contribution < -0.4 is 30.6 Å². The van der Waals surface area contributed by atoms with Crippen LogP contribution in [-0.2, 0) is 51.2 Å². The molecular formula is C48H36Cu3N10O10. The molecule has 0 saturated heterocycles. The summed E-state index contributed by atoms with van der Waals surface area (Å²) in [5, 5.41) is 104. The molecular weight excluding hydrogens is 1070 g/mol. The molecule has 0 N–H and O–H groups in total. The molecule has 371 valence electrons. The second kappa shape index (κ2) is 37.3. The summed E-state index contributed by atoms with van der Waals surface area (Å²) in [6.07, 6.45) is 14.0. The van der Waals surface area contributed by atoms with Gasteiger partial charge in [0, 0.05) is 97.4 Å². The molecule has 20 nitrogen and oxygen atoms in total. The summed E-state index contributed by atoms with van der Waals surface area (Å²) in [7, 11) is 0. The molecule has 3 radical (unpaired) electrons. The van der Waals surface area contributed by atoms with E-state index in [4.69, 9.17) is 0 Å². The molecule has 0 aliphatic carbocycles. The Bertz CT molecular complexity index is 2480. The maximum Gasteiger partial charge on any atom is 2.00 e. The minimum absolute atomic E-state index is 0. The van der Waals surface area contributed by atoms with Gasteiger partial charge < -0.3 is 30.6 Å². The molecule has 23 heteroatoms. The molecule has 0 spiro atoms. The molecule has 8 aromatic rings. The number of nitrogens with zero attached hydrogens (tertiary/aromatic N) is 10. The van der Waals surface area contributed by atoms with Gasteiger partial charge in [0.25, 0.3) is 11.4 Å². The second-order valence-electron chi connectivity index (χ2n) is 12.3. The van der Waals surface area contributed by atoms with E-state index in [1.807, 2.05) is 72.8 Å². The smallest absolute Gasteiger partial charge is 0.872 e. The third-order valence-corrected chi connectivity index (χ3v) is 7.57. The summed E-state index contributed by atoms with van der Waals surface area (Å²) in [6, 6.07) is 43.4. The largest absolute Gasteiger partial charge is 2.00 e. The maximum absolute atomic E-state index is 11.7. The van der Waals surface area contributed by atoms with Crippen LogP contribution in [0.4, 0.5) is 11.4 Å². The molecule has 0 amide bonds. The third-order valence-electron chi connectivity index (χ3n) is 7.57. The van der Waals surface area contributed by atoms with Crippen LogP contribution in [0.2, 0.25) is 0 Å². The summed E-state index contributed by atoms with van der Waals surface area (Å²) >= 11 is 0. The molecule has 0 aliphatic rings. The Hall–Kier alpha value is -8.68. The van der Waals surface area contributed by atoms with Gasteiger partial charge in [0.2, 0.25) is 0 Å². The SMILES string of the molecule is O=[N+]([O-])c1cccc(/C([O-])=N/N=C(\[O-])c2ccccc2[O-])c1.O=[N+]([O-])c1cccc(/C([O-])=N/N=C(\[O-])c2ccccc2[O-])c1.[Cu+2].[Cu+2].[Cu+2].c1ccncc1.c1ccncc1.c1ccncc1.c1ccncc1. The zero-order chi connectivity index (χ0) is 49.2. The molecule has 4 aromatic carbocycles. The quantitative estimate of drug-likeness (QED) is 0.0693. The van der Waals surface area contributed by atoms with Crippen LogP contribution in [0.25, 0.3) is 0 Å². The van der Waals surface area contributed by atoms with Crippen LogP contribution >= 0.6 is 0 Å². The fraction of sp³-hybridized carbons (Fsp3) is 0.